The van der Waals surface area contributed by atoms with Gasteiger partial charge in [0, 0.05) is 31.6 Å². The molecule has 2 aliphatic heterocycles. The zero-order valence-electron chi connectivity index (χ0n) is 18.4. The van der Waals surface area contributed by atoms with Crippen molar-refractivity contribution < 1.29 is 24.3 Å². The number of nitrogen functional groups attached to an aromatic ring is 1. The van der Waals surface area contributed by atoms with Crippen molar-refractivity contribution in [1.29, 1.82) is 5.41 Å². The Labute approximate surface area is 186 Å². The molecule has 2 saturated heterocycles. The lowest BCUT2D eigenvalue weighted by Gasteiger charge is -2.41. The average Bonchev–Trinajstić information content (AvgIpc) is 3.12. The summed E-state index contributed by atoms with van der Waals surface area (Å²) in [6.07, 6.45) is 0.00393. The SMILES string of the molecule is CC(C)CC1(C(=O)O)C2C(=O)N(C)C(=O)C2C(c2ccc(C(=N)N)cc2)N1CCC(N)=O. The predicted molar refractivity (Wildman–Crippen MR) is 115 cm³/mol. The third-order valence-corrected chi connectivity index (χ3v) is 6.53. The third kappa shape index (κ3) is 3.54. The maximum Gasteiger partial charge on any atom is 0.325 e. The van der Waals surface area contributed by atoms with E-state index in [1.165, 1.54) is 7.05 Å². The highest BCUT2D eigenvalue weighted by Gasteiger charge is 2.71. The minimum absolute atomic E-state index is 0.00917. The molecule has 0 saturated carbocycles. The van der Waals surface area contributed by atoms with Crippen LogP contribution in [0.15, 0.2) is 24.3 Å². The van der Waals surface area contributed by atoms with Crippen molar-refractivity contribution in [3.8, 4) is 0 Å². The Hall–Kier alpha value is -3.27. The monoisotopic (exact) mass is 443 g/mol. The molecular weight excluding hydrogens is 414 g/mol. The van der Waals surface area contributed by atoms with Crippen molar-refractivity contribution in [2.45, 2.75) is 38.3 Å². The number of aliphatic carboxylic acids is 1. The van der Waals surface area contributed by atoms with E-state index in [9.17, 15) is 24.3 Å². The van der Waals surface area contributed by atoms with Gasteiger partial charge in [0.1, 0.15) is 11.4 Å². The van der Waals surface area contributed by atoms with E-state index in [1.807, 2.05) is 13.8 Å². The van der Waals surface area contributed by atoms with Gasteiger partial charge in [0.2, 0.25) is 17.7 Å². The van der Waals surface area contributed by atoms with E-state index in [-0.39, 0.29) is 31.1 Å². The van der Waals surface area contributed by atoms with E-state index in [0.717, 1.165) is 4.90 Å². The number of carboxylic acid groups (broad SMARTS) is 1. The average molecular weight is 444 g/mol. The zero-order valence-corrected chi connectivity index (χ0v) is 18.4. The number of likely N-dealkylation sites (tertiary alicyclic amines) is 2. The minimum atomic E-state index is -1.67. The first kappa shape index (κ1) is 23.4. The van der Waals surface area contributed by atoms with E-state index < -0.39 is 47.1 Å². The van der Waals surface area contributed by atoms with Gasteiger partial charge in [-0.3, -0.25) is 34.4 Å². The molecule has 1 aromatic rings. The molecule has 6 N–H and O–H groups in total. The zero-order chi connectivity index (χ0) is 24.0. The van der Waals surface area contributed by atoms with E-state index >= 15 is 0 Å². The first-order chi connectivity index (χ1) is 14.9. The van der Waals surface area contributed by atoms with Gasteiger partial charge < -0.3 is 16.6 Å². The summed E-state index contributed by atoms with van der Waals surface area (Å²) in [7, 11) is 1.37. The summed E-state index contributed by atoms with van der Waals surface area (Å²) in [5.74, 6) is -5.03. The molecule has 0 spiro atoms. The summed E-state index contributed by atoms with van der Waals surface area (Å²) in [5, 5.41) is 18.1. The van der Waals surface area contributed by atoms with E-state index in [1.54, 1.807) is 29.2 Å². The smallest absolute Gasteiger partial charge is 0.325 e. The Kier molecular flexibility index (Phi) is 6.10. The van der Waals surface area contributed by atoms with Crippen molar-refractivity contribution in [3.63, 3.8) is 0 Å². The second-order valence-corrected chi connectivity index (χ2v) is 8.96. The van der Waals surface area contributed by atoms with Crippen molar-refractivity contribution >= 4 is 29.5 Å². The predicted octanol–water partition coefficient (Wildman–Crippen LogP) is 0.303. The van der Waals surface area contributed by atoms with Gasteiger partial charge in [-0.2, -0.15) is 0 Å². The lowest BCUT2D eigenvalue weighted by molar-refractivity contribution is -0.160. The van der Waals surface area contributed by atoms with Gasteiger partial charge in [0.05, 0.1) is 11.8 Å². The highest BCUT2D eigenvalue weighted by atomic mass is 16.4. The molecule has 0 aliphatic carbocycles. The number of nitrogens with two attached hydrogens (primary N) is 2. The van der Waals surface area contributed by atoms with Crippen LogP contribution >= 0.6 is 0 Å². The highest BCUT2D eigenvalue weighted by molar-refractivity contribution is 6.09. The molecule has 3 amide bonds. The molecule has 3 rings (SSSR count). The van der Waals surface area contributed by atoms with Crippen LogP contribution < -0.4 is 11.5 Å². The van der Waals surface area contributed by atoms with Gasteiger partial charge in [-0.05, 0) is 17.9 Å². The molecule has 10 heteroatoms. The standard InChI is InChI=1S/C22H29N5O5/c1-11(2)10-22(21(31)32)16-15(19(29)26(3)20(16)30)17(27(22)9-8-14(23)28)12-4-6-13(7-5-12)18(24)25/h4-7,11,15-17H,8-10H2,1-3H3,(H2,23,28)(H3,24,25)(H,31,32). The number of imide groups is 1. The Morgan fingerprint density at radius 1 is 1.16 bits per heavy atom. The summed E-state index contributed by atoms with van der Waals surface area (Å²) < 4.78 is 0. The molecule has 2 aliphatic rings. The Morgan fingerprint density at radius 2 is 1.75 bits per heavy atom. The Bertz CT molecular complexity index is 975. The van der Waals surface area contributed by atoms with Crippen LogP contribution in [0.5, 0.6) is 0 Å². The van der Waals surface area contributed by atoms with Gasteiger partial charge in [-0.25, -0.2) is 0 Å². The first-order valence-corrected chi connectivity index (χ1v) is 10.5. The van der Waals surface area contributed by atoms with Crippen LogP contribution in [0.2, 0.25) is 0 Å². The summed E-state index contributed by atoms with van der Waals surface area (Å²) >= 11 is 0. The van der Waals surface area contributed by atoms with Crippen LogP contribution in [-0.2, 0) is 19.2 Å². The summed E-state index contributed by atoms with van der Waals surface area (Å²) in [6.45, 7) is 3.70. The molecule has 32 heavy (non-hydrogen) atoms. The maximum absolute atomic E-state index is 13.2. The van der Waals surface area contributed by atoms with Crippen LogP contribution in [0.4, 0.5) is 0 Å². The quantitative estimate of drug-likeness (QED) is 0.254. The lowest BCUT2D eigenvalue weighted by Crippen LogP contribution is -2.58. The number of nitrogens with zero attached hydrogens (tertiary/aromatic N) is 2. The molecule has 172 valence electrons. The molecule has 4 atom stereocenters. The summed E-state index contributed by atoms with van der Waals surface area (Å²) in [6, 6.07) is 5.84. The minimum Gasteiger partial charge on any atom is -0.480 e. The van der Waals surface area contributed by atoms with Crippen molar-refractivity contribution in [1.82, 2.24) is 9.80 Å². The number of benzene rings is 1. The van der Waals surface area contributed by atoms with Crippen molar-refractivity contribution in [2.24, 2.45) is 29.2 Å². The van der Waals surface area contributed by atoms with Crippen LogP contribution in [0, 0.1) is 23.2 Å². The van der Waals surface area contributed by atoms with Crippen LogP contribution in [-0.4, -0.2) is 63.6 Å². The fraction of sp³-hybridized carbons (Fsp3) is 0.500. The fourth-order valence-electron chi connectivity index (χ4n) is 5.30. The summed E-state index contributed by atoms with van der Waals surface area (Å²) in [5.41, 5.74) is 10.3. The number of hydrogen-bond donors (Lipinski definition) is 4. The Balaban J connectivity index is 2.24. The molecule has 0 aromatic heterocycles. The van der Waals surface area contributed by atoms with Crippen LogP contribution in [0.25, 0.3) is 0 Å². The van der Waals surface area contributed by atoms with Crippen LogP contribution in [0.1, 0.15) is 43.9 Å². The van der Waals surface area contributed by atoms with Gasteiger partial charge in [-0.15, -0.1) is 0 Å². The van der Waals surface area contributed by atoms with Crippen LogP contribution in [0.3, 0.4) is 0 Å². The lowest BCUT2D eigenvalue weighted by atomic mass is 9.75. The molecular formula is C22H29N5O5. The molecule has 0 bridgehead atoms. The number of carbonyl (C=O) groups is 4. The van der Waals surface area contributed by atoms with Crippen molar-refractivity contribution in [2.75, 3.05) is 13.6 Å². The van der Waals surface area contributed by atoms with Crippen molar-refractivity contribution in [3.05, 3.63) is 35.4 Å². The second kappa shape index (κ2) is 8.34. The number of amidine groups is 1. The second-order valence-electron chi connectivity index (χ2n) is 8.96. The Morgan fingerprint density at radius 3 is 2.22 bits per heavy atom. The molecule has 1 aromatic carbocycles. The number of carboxylic acids is 1. The number of hydrogen-bond acceptors (Lipinski definition) is 6. The number of rotatable bonds is 8. The topological polar surface area (TPSA) is 171 Å². The molecule has 10 nitrogen and oxygen atoms in total. The van der Waals surface area contributed by atoms with Gasteiger partial charge in [0.15, 0.2) is 0 Å². The van der Waals surface area contributed by atoms with E-state index in [0.29, 0.717) is 11.1 Å². The fourth-order valence-corrected chi connectivity index (χ4v) is 5.30. The molecule has 2 heterocycles. The third-order valence-electron chi connectivity index (χ3n) is 6.53. The first-order valence-electron chi connectivity index (χ1n) is 10.5. The maximum atomic E-state index is 13.2. The van der Waals surface area contributed by atoms with E-state index in [4.69, 9.17) is 16.9 Å². The summed E-state index contributed by atoms with van der Waals surface area (Å²) in [4.78, 5) is 53.4. The number of nitrogens with one attached hydrogen (secondary N) is 1. The number of carbonyl (C=O) groups excluding carboxylic acids is 3. The number of amides is 3. The highest BCUT2D eigenvalue weighted by Crippen LogP contribution is 2.56. The molecule has 2 fully saturated rings. The van der Waals surface area contributed by atoms with Gasteiger partial charge in [0.25, 0.3) is 0 Å². The largest absolute Gasteiger partial charge is 0.480 e. The van der Waals surface area contributed by atoms with E-state index in [2.05, 4.69) is 0 Å². The molecule has 0 radical (unpaired) electrons. The van der Waals surface area contributed by atoms with Gasteiger partial charge >= 0.3 is 5.97 Å². The molecule has 4 unspecified atom stereocenters. The normalized spacial score (nSPS) is 27.8. The van der Waals surface area contributed by atoms with Gasteiger partial charge in [-0.1, -0.05) is 38.1 Å². The number of fused-ring (bicyclic) bond motifs is 1. The number of primary amides is 1.